The molecule has 11 N–H and O–H groups in total. The molecule has 672 valence electrons. The lowest BCUT2D eigenvalue weighted by Crippen LogP contribution is -2.54. The molecule has 0 spiro atoms. The topological polar surface area (TPSA) is 479 Å². The number of amides is 12. The molecule has 0 aliphatic carbocycles. The van der Waals surface area contributed by atoms with E-state index in [-0.39, 0.29) is 149 Å². The van der Waals surface area contributed by atoms with Crippen LogP contribution in [0, 0.1) is 0 Å². The molecule has 4 aromatic carbocycles. The van der Waals surface area contributed by atoms with E-state index in [9.17, 15) is 91.4 Å². The van der Waals surface area contributed by atoms with Crippen molar-refractivity contribution in [3.63, 3.8) is 0 Å². The minimum absolute atomic E-state index is 0.000745. The number of rotatable bonds is 53. The first-order valence-corrected chi connectivity index (χ1v) is 42.0. The van der Waals surface area contributed by atoms with E-state index >= 15 is 0 Å². The molecular formula is C90H125N11O22. The second-order valence-corrected chi connectivity index (χ2v) is 32.5. The number of hydrogen-bond donors (Lipinski definition) is 11. The number of carbonyl (C=O) groups is 18. The summed E-state index contributed by atoms with van der Waals surface area (Å²) in [5, 5.41) is 36.7. The van der Waals surface area contributed by atoms with Gasteiger partial charge in [-0.05, 0) is 143 Å². The van der Waals surface area contributed by atoms with Crippen LogP contribution in [0.2, 0.25) is 0 Å². The zero-order valence-corrected chi connectivity index (χ0v) is 72.4. The molecule has 1 heterocycles. The maximum Gasteiger partial charge on any atom is 0.355 e. The van der Waals surface area contributed by atoms with Crippen molar-refractivity contribution in [2.45, 2.75) is 296 Å². The second-order valence-electron chi connectivity index (χ2n) is 32.5. The number of carbonyl (C=O) groups excluding carboxylic acids is 17. The van der Waals surface area contributed by atoms with Crippen molar-refractivity contribution in [2.24, 2.45) is 0 Å². The molecule has 33 heteroatoms. The van der Waals surface area contributed by atoms with E-state index in [4.69, 9.17) is 14.3 Å². The molecule has 0 bridgehead atoms. The van der Waals surface area contributed by atoms with Gasteiger partial charge in [-0.1, -0.05) is 160 Å². The Morgan fingerprint density at radius 2 is 0.642 bits per heavy atom. The third-order valence-electron chi connectivity index (χ3n) is 19.1. The minimum Gasteiger partial charge on any atom is -0.480 e. The lowest BCUT2D eigenvalue weighted by atomic mass is 10.0. The molecule has 1 saturated heterocycles. The molecule has 0 aromatic heterocycles. The van der Waals surface area contributed by atoms with Crippen molar-refractivity contribution in [1.82, 2.24) is 58.2 Å². The van der Waals surface area contributed by atoms with Crippen LogP contribution in [0.4, 0.5) is 9.59 Å². The minimum atomic E-state index is -1.28. The molecule has 0 radical (unpaired) electrons. The molecule has 12 amide bonds. The van der Waals surface area contributed by atoms with Crippen molar-refractivity contribution in [2.75, 3.05) is 13.1 Å². The fourth-order valence-corrected chi connectivity index (χ4v) is 12.6. The van der Waals surface area contributed by atoms with Crippen molar-refractivity contribution in [1.29, 1.82) is 0 Å². The summed E-state index contributed by atoms with van der Waals surface area (Å²) < 4.78 is 10.9. The van der Waals surface area contributed by atoms with Crippen LogP contribution >= 0.6 is 0 Å². The molecule has 1 aliphatic rings. The normalized spacial score (nSPS) is 13.7. The van der Waals surface area contributed by atoms with Gasteiger partial charge >= 0.3 is 35.9 Å². The number of Topliss-reactive ketones (excluding diaryl/α,β-unsaturated/α-hetero) is 4. The Morgan fingerprint density at radius 1 is 0.341 bits per heavy atom. The Hall–Kier alpha value is -12.1. The van der Waals surface area contributed by atoms with E-state index in [1.54, 1.807) is 108 Å². The molecule has 123 heavy (non-hydrogen) atoms. The third-order valence-corrected chi connectivity index (χ3v) is 19.1. The first-order valence-electron chi connectivity index (χ1n) is 42.0. The van der Waals surface area contributed by atoms with Crippen molar-refractivity contribution in [3.05, 3.63) is 144 Å². The molecule has 1 aliphatic heterocycles. The number of hydrogen-bond acceptors (Lipinski definition) is 21. The van der Waals surface area contributed by atoms with Gasteiger partial charge in [0.25, 0.3) is 11.8 Å². The highest BCUT2D eigenvalue weighted by atomic mass is 16.7. The molecular weight excluding hydrogens is 1590 g/mol. The van der Waals surface area contributed by atoms with E-state index < -0.39 is 119 Å². The van der Waals surface area contributed by atoms with Crippen molar-refractivity contribution >= 4 is 106 Å². The fraction of sp³-hybridized carbons (Fsp3) is 0.533. The Bertz CT molecular complexity index is 4140. The molecule has 33 nitrogen and oxygen atoms in total. The quantitative estimate of drug-likeness (QED) is 0.0114. The van der Waals surface area contributed by atoms with E-state index in [0.717, 1.165) is 48.8 Å². The highest BCUT2D eigenvalue weighted by Gasteiger charge is 2.38. The van der Waals surface area contributed by atoms with E-state index in [1.165, 1.54) is 27.7 Å². The summed E-state index contributed by atoms with van der Waals surface area (Å²) >= 11 is 0. The number of hydroxylamine groups is 2. The highest BCUT2D eigenvalue weighted by Crippen LogP contribution is 2.19. The lowest BCUT2D eigenvalue weighted by Gasteiger charge is -2.25. The van der Waals surface area contributed by atoms with Crippen LogP contribution in [-0.4, -0.2) is 189 Å². The number of carboxylic acids is 1. The van der Waals surface area contributed by atoms with Crippen LogP contribution < -0.4 is 53.2 Å². The summed E-state index contributed by atoms with van der Waals surface area (Å²) in [4.78, 5) is 231. The maximum atomic E-state index is 13.8. The van der Waals surface area contributed by atoms with Gasteiger partial charge in [0, 0.05) is 90.1 Å². The Labute approximate surface area is 719 Å². The zero-order valence-electron chi connectivity index (χ0n) is 72.4. The van der Waals surface area contributed by atoms with Crippen LogP contribution in [0.1, 0.15) is 233 Å². The van der Waals surface area contributed by atoms with Gasteiger partial charge in [0.2, 0.25) is 35.4 Å². The maximum absolute atomic E-state index is 13.8. The summed E-state index contributed by atoms with van der Waals surface area (Å²) in [5.41, 5.74) is 1.31. The summed E-state index contributed by atoms with van der Waals surface area (Å²) in [6.45, 7) is 16.1. The van der Waals surface area contributed by atoms with Gasteiger partial charge in [0.15, 0.2) is 11.6 Å². The molecule has 0 unspecified atom stereocenters. The predicted molar refractivity (Wildman–Crippen MR) is 454 cm³/mol. The summed E-state index contributed by atoms with van der Waals surface area (Å²) in [5.74, 6) is -8.49. The molecule has 0 saturated carbocycles. The van der Waals surface area contributed by atoms with Crippen LogP contribution in [0.25, 0.3) is 0 Å². The van der Waals surface area contributed by atoms with Gasteiger partial charge in [-0.25, -0.2) is 28.8 Å². The van der Waals surface area contributed by atoms with Gasteiger partial charge in [0.1, 0.15) is 59.0 Å². The average molecular weight is 1710 g/mol. The van der Waals surface area contributed by atoms with Gasteiger partial charge in [-0.15, -0.1) is 5.06 Å². The Balaban J connectivity index is 0.000000520. The van der Waals surface area contributed by atoms with Gasteiger partial charge in [-0.3, -0.25) is 47.9 Å². The number of carboxylic acid groups (broad SMARTS) is 1. The number of nitrogens with one attached hydrogen (secondary N) is 10. The number of urea groups is 2. The lowest BCUT2D eigenvalue weighted by molar-refractivity contribution is -0.199. The molecule has 5 rings (SSSR count). The number of benzene rings is 4. The monoisotopic (exact) mass is 1710 g/mol. The number of ketones is 4. The van der Waals surface area contributed by atoms with Crippen molar-refractivity contribution < 1.29 is 106 Å². The summed E-state index contributed by atoms with van der Waals surface area (Å²) in [7, 11) is 0. The zero-order chi connectivity index (χ0) is 91.0. The number of aliphatic carboxylic acids is 1. The second kappa shape index (κ2) is 55.1. The Kier molecular flexibility index (Phi) is 46.2. The van der Waals surface area contributed by atoms with Crippen LogP contribution in [0.15, 0.2) is 121 Å². The molecule has 1 fully saturated rings. The standard InChI is InChI=1S/C47H64N6O12.C43H61N5O10/c1-31(54)22-23-35(32(2)55)51-46(63)52-36(44(61)64-47(3,4)5)24-25-39(56)48-28-16-8-6-7-15-21-40(57)49-37(29-33-17-11-9-12-18-33)43(60)50-38(30-34-19-13-10-14-20-34)45(62)65-53-41(58)26-27-42(53)59;1-29(49)22-23-33(30(2)50)47-42(57)48-34(41(56)58-43(3,4)5)24-25-37(51)44-26-16-8-6-7-15-21-38(52)45-35(27-31-17-11-9-12-18-31)39(53)46-36(40(54)55)28-32-19-13-10-14-20-32/h9-14,17-20,35-38H,6-8,15-16,21-30H2,1-5H3,(H,48,56)(H,49,57)(H,50,60)(H2,51,52,63);9-14,17-20,33-36H,6-8,15-16,21-28H2,1-5H3,(H,44,51)(H,45,52)(H,46,53)(H,54,55)(H2,47,48,57)/t35-,36-,37-,38-;33-,34-,35-,36-/m00/s1. The summed E-state index contributed by atoms with van der Waals surface area (Å²) in [6, 6.07) is 25.7. The van der Waals surface area contributed by atoms with E-state index in [1.807, 2.05) is 54.6 Å². The van der Waals surface area contributed by atoms with E-state index in [2.05, 4.69) is 53.2 Å². The fourth-order valence-electron chi connectivity index (χ4n) is 12.6. The van der Waals surface area contributed by atoms with Gasteiger partial charge in [0.05, 0.1) is 12.1 Å². The van der Waals surface area contributed by atoms with Crippen LogP contribution in [0.3, 0.4) is 0 Å². The first-order chi connectivity index (χ1) is 58.2. The number of unbranched alkanes of at least 4 members (excludes halogenated alkanes) is 8. The largest absolute Gasteiger partial charge is 0.480 e. The van der Waals surface area contributed by atoms with Crippen LogP contribution in [-0.2, 0) is 117 Å². The number of imide groups is 1. The molecule has 8 atom stereocenters. The SMILES string of the molecule is CC(=O)CC[C@H](NC(=O)N[C@@H](CCC(=O)NCCCCCCCC(=O)N[C@@H](Cc1ccccc1)C(=O)N[C@@H](Cc1ccccc1)C(=O)O)C(=O)OC(C)(C)C)C(C)=O.CC(=O)CC[C@H](NC(=O)N[C@@H](CCC(=O)NCCCCCCCC(=O)N[C@@H](Cc1ccccc1)C(=O)N[C@@H](Cc1ccccc1)C(=O)ON1C(=O)CCC1=O)C(=O)OC(C)(C)C)C(C)=O. The Morgan fingerprint density at radius 3 is 0.967 bits per heavy atom. The van der Waals surface area contributed by atoms with Crippen LogP contribution in [0.5, 0.6) is 0 Å². The number of ether oxygens (including phenoxy) is 2. The summed E-state index contributed by atoms with van der Waals surface area (Å²) in [6.07, 6.45) is 7.61. The average Bonchev–Trinajstić information content (AvgIpc) is 1.60. The van der Waals surface area contributed by atoms with Gasteiger partial charge in [-0.2, -0.15) is 0 Å². The van der Waals surface area contributed by atoms with E-state index in [0.29, 0.717) is 55.8 Å². The van der Waals surface area contributed by atoms with Gasteiger partial charge < -0.3 is 82.2 Å². The third kappa shape index (κ3) is 44.9. The highest BCUT2D eigenvalue weighted by molar-refractivity contribution is 6.02. The molecule has 4 aromatic rings. The number of esters is 2. The van der Waals surface area contributed by atoms with Crippen molar-refractivity contribution in [3.8, 4) is 0 Å². The smallest absolute Gasteiger partial charge is 0.355 e. The number of nitrogens with zero attached hydrogens (tertiary/aromatic N) is 1. The first kappa shape index (κ1) is 103. The predicted octanol–water partition coefficient (Wildman–Crippen LogP) is 7.72.